The van der Waals surface area contributed by atoms with Gasteiger partial charge in [-0.2, -0.15) is 0 Å². The van der Waals surface area contributed by atoms with Crippen molar-refractivity contribution >= 4 is 11.8 Å². The largest absolute Gasteiger partial charge is 0.484 e. The van der Waals surface area contributed by atoms with E-state index in [4.69, 9.17) is 9.47 Å². The second-order valence-corrected chi connectivity index (χ2v) is 7.19. The second kappa shape index (κ2) is 11.9. The van der Waals surface area contributed by atoms with E-state index in [-0.39, 0.29) is 6.61 Å². The minimum absolute atomic E-state index is 0.194. The van der Waals surface area contributed by atoms with Crippen LogP contribution in [0.5, 0.6) is 11.5 Å². The summed E-state index contributed by atoms with van der Waals surface area (Å²) >= 11 is 0. The van der Waals surface area contributed by atoms with Crippen molar-refractivity contribution in [1.82, 2.24) is 10.9 Å². The number of carbonyl (C=O) groups is 2. The summed E-state index contributed by atoms with van der Waals surface area (Å²) in [7, 11) is 0. The average Bonchev–Trinajstić information content (AvgIpc) is 2.79. The lowest BCUT2D eigenvalue weighted by Gasteiger charge is -2.21. The third-order valence-corrected chi connectivity index (χ3v) is 5.02. The lowest BCUT2D eigenvalue weighted by Crippen LogP contribution is -2.49. The van der Waals surface area contributed by atoms with Gasteiger partial charge in [-0.25, -0.2) is 0 Å². The predicted octanol–water partition coefficient (Wildman–Crippen LogP) is 4.15. The van der Waals surface area contributed by atoms with Crippen LogP contribution in [-0.2, 0) is 16.0 Å². The van der Waals surface area contributed by atoms with Gasteiger partial charge >= 0.3 is 0 Å². The molecule has 30 heavy (non-hydrogen) atoms. The Balaban J connectivity index is 1.85. The lowest BCUT2D eigenvalue weighted by atomic mass is 9.98. The molecule has 2 atom stereocenters. The Bertz CT molecular complexity index is 820. The van der Waals surface area contributed by atoms with Crippen molar-refractivity contribution in [2.24, 2.45) is 0 Å². The van der Waals surface area contributed by atoms with E-state index < -0.39 is 17.9 Å². The summed E-state index contributed by atoms with van der Waals surface area (Å²) in [5.41, 5.74) is 7.07. The van der Waals surface area contributed by atoms with Crippen LogP contribution in [0.2, 0.25) is 0 Å². The van der Waals surface area contributed by atoms with Crippen LogP contribution in [0.4, 0.5) is 0 Å². The number of hydrazine groups is 1. The zero-order valence-electron chi connectivity index (χ0n) is 18.2. The molecule has 0 aliphatic rings. The molecule has 6 nitrogen and oxygen atoms in total. The zero-order valence-corrected chi connectivity index (χ0v) is 18.2. The minimum Gasteiger partial charge on any atom is -0.484 e. The van der Waals surface area contributed by atoms with E-state index in [9.17, 15) is 9.59 Å². The van der Waals surface area contributed by atoms with Gasteiger partial charge in [0, 0.05) is 0 Å². The summed E-state index contributed by atoms with van der Waals surface area (Å²) in [4.78, 5) is 24.5. The summed E-state index contributed by atoms with van der Waals surface area (Å²) in [6.45, 7) is 7.98. The Hall–Kier alpha value is -3.02. The first-order valence-electron chi connectivity index (χ1n) is 10.5. The lowest BCUT2D eigenvalue weighted by molar-refractivity contribution is -0.134. The Morgan fingerprint density at radius 3 is 2.27 bits per heavy atom. The third kappa shape index (κ3) is 6.79. The van der Waals surface area contributed by atoms with Gasteiger partial charge in [-0.1, -0.05) is 58.0 Å². The average molecular weight is 413 g/mol. The summed E-state index contributed by atoms with van der Waals surface area (Å²) in [6.07, 6.45) is 1.67. The second-order valence-electron chi connectivity index (χ2n) is 7.19. The topological polar surface area (TPSA) is 76.7 Å². The minimum atomic E-state index is -0.710. The SMILES string of the molecule is CCc1ccc(OCC(=O)NNC(=O)C(CC)Oc2ccccc2C(C)CC)cc1. The number of hydrogen-bond donors (Lipinski definition) is 2. The molecule has 2 N–H and O–H groups in total. The molecular weight excluding hydrogens is 380 g/mol. The molecule has 0 aliphatic heterocycles. The molecule has 0 heterocycles. The van der Waals surface area contributed by atoms with Crippen molar-refractivity contribution in [1.29, 1.82) is 0 Å². The van der Waals surface area contributed by atoms with E-state index >= 15 is 0 Å². The molecule has 0 aromatic heterocycles. The maximum absolute atomic E-state index is 12.5. The Kier molecular flexibility index (Phi) is 9.19. The number of nitrogens with one attached hydrogen (secondary N) is 2. The normalized spacial score (nSPS) is 12.5. The zero-order chi connectivity index (χ0) is 21.9. The van der Waals surface area contributed by atoms with Crippen LogP contribution in [0.25, 0.3) is 0 Å². The Morgan fingerprint density at radius 2 is 1.63 bits per heavy atom. The van der Waals surface area contributed by atoms with Crippen LogP contribution in [-0.4, -0.2) is 24.5 Å². The smallest absolute Gasteiger partial charge is 0.279 e. The highest BCUT2D eigenvalue weighted by Crippen LogP contribution is 2.29. The number of aryl methyl sites for hydroxylation is 1. The number of hydrogen-bond acceptors (Lipinski definition) is 4. The predicted molar refractivity (Wildman–Crippen MR) is 117 cm³/mol. The number of amides is 2. The molecule has 0 fully saturated rings. The fourth-order valence-corrected chi connectivity index (χ4v) is 2.91. The highest BCUT2D eigenvalue weighted by atomic mass is 16.5. The molecular formula is C24H32N2O4. The molecule has 162 valence electrons. The Morgan fingerprint density at radius 1 is 0.933 bits per heavy atom. The van der Waals surface area contributed by atoms with Gasteiger partial charge in [0.05, 0.1) is 0 Å². The van der Waals surface area contributed by atoms with Gasteiger partial charge in [0.15, 0.2) is 12.7 Å². The number of benzene rings is 2. The molecule has 2 unspecified atom stereocenters. The van der Waals surface area contributed by atoms with Gasteiger partial charge in [0.1, 0.15) is 11.5 Å². The fourth-order valence-electron chi connectivity index (χ4n) is 2.91. The first-order valence-corrected chi connectivity index (χ1v) is 10.5. The van der Waals surface area contributed by atoms with Crippen LogP contribution in [0.1, 0.15) is 57.6 Å². The van der Waals surface area contributed by atoms with Crippen molar-refractivity contribution in [3.8, 4) is 11.5 Å². The van der Waals surface area contributed by atoms with E-state index in [0.29, 0.717) is 23.8 Å². The first kappa shape index (κ1) is 23.3. The van der Waals surface area contributed by atoms with Crippen LogP contribution in [0, 0.1) is 0 Å². The van der Waals surface area contributed by atoms with Crippen molar-refractivity contribution in [3.05, 3.63) is 59.7 Å². The van der Waals surface area contributed by atoms with Gasteiger partial charge in [-0.05, 0) is 54.5 Å². The molecule has 0 spiro atoms. The van der Waals surface area contributed by atoms with Gasteiger partial charge in [0.2, 0.25) is 0 Å². The maximum atomic E-state index is 12.5. The number of ether oxygens (including phenoxy) is 2. The molecule has 2 amide bonds. The van der Waals surface area contributed by atoms with Crippen LogP contribution >= 0.6 is 0 Å². The van der Waals surface area contributed by atoms with Crippen LogP contribution < -0.4 is 20.3 Å². The third-order valence-electron chi connectivity index (χ3n) is 5.02. The molecule has 0 radical (unpaired) electrons. The number of rotatable bonds is 10. The molecule has 2 rings (SSSR count). The Labute approximate surface area is 178 Å². The van der Waals surface area contributed by atoms with E-state index in [1.807, 2.05) is 55.5 Å². The van der Waals surface area contributed by atoms with Gasteiger partial charge in [-0.3, -0.25) is 20.4 Å². The quantitative estimate of drug-likeness (QED) is 0.575. The summed E-state index contributed by atoms with van der Waals surface area (Å²) in [5, 5.41) is 0. The summed E-state index contributed by atoms with van der Waals surface area (Å²) in [5.74, 6) is 0.768. The van der Waals surface area contributed by atoms with Crippen molar-refractivity contribution < 1.29 is 19.1 Å². The first-order chi connectivity index (χ1) is 14.5. The van der Waals surface area contributed by atoms with Gasteiger partial charge in [-0.15, -0.1) is 0 Å². The van der Waals surface area contributed by atoms with Crippen molar-refractivity contribution in [2.45, 2.75) is 59.0 Å². The monoisotopic (exact) mass is 412 g/mol. The highest BCUT2D eigenvalue weighted by molar-refractivity contribution is 5.85. The number of para-hydroxylation sites is 1. The van der Waals surface area contributed by atoms with E-state index in [1.54, 1.807) is 0 Å². The van der Waals surface area contributed by atoms with Crippen molar-refractivity contribution in [3.63, 3.8) is 0 Å². The molecule has 2 aromatic rings. The van der Waals surface area contributed by atoms with Gasteiger partial charge < -0.3 is 9.47 Å². The van der Waals surface area contributed by atoms with E-state index in [2.05, 4.69) is 31.6 Å². The fraction of sp³-hybridized carbons (Fsp3) is 0.417. The van der Waals surface area contributed by atoms with E-state index in [0.717, 1.165) is 18.4 Å². The molecule has 2 aromatic carbocycles. The highest BCUT2D eigenvalue weighted by Gasteiger charge is 2.21. The molecule has 0 aliphatic carbocycles. The maximum Gasteiger partial charge on any atom is 0.279 e. The molecule has 6 heteroatoms. The molecule has 0 bridgehead atoms. The molecule has 0 saturated heterocycles. The van der Waals surface area contributed by atoms with Crippen molar-refractivity contribution in [2.75, 3.05) is 6.61 Å². The summed E-state index contributed by atoms with van der Waals surface area (Å²) < 4.78 is 11.4. The van der Waals surface area contributed by atoms with E-state index in [1.165, 1.54) is 5.56 Å². The van der Waals surface area contributed by atoms with Crippen LogP contribution in [0.3, 0.4) is 0 Å². The van der Waals surface area contributed by atoms with Gasteiger partial charge in [0.25, 0.3) is 11.8 Å². The molecule has 0 saturated carbocycles. The summed E-state index contributed by atoms with van der Waals surface area (Å²) in [6, 6.07) is 15.3. The standard InChI is InChI=1S/C24H32N2O4/c1-5-17(4)20-10-8-9-11-22(20)30-21(7-3)24(28)26-25-23(27)16-29-19-14-12-18(6-2)13-15-19/h8-15,17,21H,5-7,16H2,1-4H3,(H,25,27)(H,26,28). The number of carbonyl (C=O) groups excluding carboxylic acids is 2. The van der Waals surface area contributed by atoms with Crippen LogP contribution in [0.15, 0.2) is 48.5 Å².